The minimum Gasteiger partial charge on any atom is -0.315 e. The van der Waals surface area contributed by atoms with E-state index in [2.05, 4.69) is 75.5 Å². The maximum Gasteiger partial charge on any atom is 0.0995 e. The second kappa shape index (κ2) is 7.43. The third kappa shape index (κ3) is 3.27. The zero-order valence-corrected chi connectivity index (χ0v) is 16.8. The van der Waals surface area contributed by atoms with E-state index in [0.29, 0.717) is 16.5 Å². The Bertz CT molecular complexity index is 823. The Morgan fingerprint density at radius 2 is 1.73 bits per heavy atom. The maximum absolute atomic E-state index is 9.69. The number of hydrogen-bond acceptors (Lipinski definition) is 2. The Morgan fingerprint density at radius 3 is 2.23 bits per heavy atom. The van der Waals surface area contributed by atoms with Crippen LogP contribution < -0.4 is 5.32 Å². The van der Waals surface area contributed by atoms with Crippen LogP contribution in [0.5, 0.6) is 0 Å². The van der Waals surface area contributed by atoms with Crippen molar-refractivity contribution in [1.82, 2.24) is 5.32 Å². The van der Waals surface area contributed by atoms with Gasteiger partial charge in [-0.25, -0.2) is 0 Å². The van der Waals surface area contributed by atoms with Crippen molar-refractivity contribution in [3.63, 3.8) is 0 Å². The summed E-state index contributed by atoms with van der Waals surface area (Å²) in [5.41, 5.74) is 5.32. The fourth-order valence-electron chi connectivity index (χ4n) is 4.11. The summed E-state index contributed by atoms with van der Waals surface area (Å²) in [5, 5.41) is 13.9. The molecule has 0 aliphatic carbocycles. The molecule has 2 aromatic rings. The summed E-state index contributed by atoms with van der Waals surface area (Å²) in [4.78, 5) is 0. The first kappa shape index (κ1) is 19.0. The van der Waals surface area contributed by atoms with Gasteiger partial charge in [-0.15, -0.1) is 0 Å². The highest BCUT2D eigenvalue weighted by atomic mass is 35.5. The third-order valence-electron chi connectivity index (χ3n) is 5.67. The van der Waals surface area contributed by atoms with Crippen LogP contribution in [0.3, 0.4) is 0 Å². The van der Waals surface area contributed by atoms with Crippen molar-refractivity contribution < 1.29 is 0 Å². The minimum atomic E-state index is -0.125. The topological polar surface area (TPSA) is 35.8 Å². The van der Waals surface area contributed by atoms with Crippen LogP contribution in [0.4, 0.5) is 0 Å². The van der Waals surface area contributed by atoms with Gasteiger partial charge in [-0.05, 0) is 59.2 Å². The summed E-state index contributed by atoms with van der Waals surface area (Å²) >= 11 is 6.63. The summed E-state index contributed by atoms with van der Waals surface area (Å²) in [6.45, 7) is 10.4. The number of nitrogens with zero attached hydrogens (tertiary/aromatic N) is 1. The zero-order valence-electron chi connectivity index (χ0n) is 16.1. The van der Waals surface area contributed by atoms with Crippen molar-refractivity contribution in [3.8, 4) is 6.07 Å². The predicted molar refractivity (Wildman–Crippen MR) is 109 cm³/mol. The number of halogens is 1. The molecule has 0 radical (unpaired) electrons. The molecule has 3 rings (SSSR count). The van der Waals surface area contributed by atoms with Gasteiger partial charge in [-0.2, -0.15) is 5.26 Å². The van der Waals surface area contributed by atoms with Gasteiger partial charge in [0.25, 0.3) is 0 Å². The molecule has 0 aromatic heterocycles. The Kier molecular flexibility index (Phi) is 5.42. The standard InChI is InChI=1S/C23H27ClN2/c1-15(2)17-5-7-19(8-6-17)23(9-10-26-14-23)20-11-18(13-25)22(16(3)4)21(24)12-20/h5-8,11-12,15-16,26H,9-10,14H2,1-4H3. The van der Waals surface area contributed by atoms with Crippen LogP contribution in [0.1, 0.15) is 73.8 Å². The van der Waals surface area contributed by atoms with Crippen molar-refractivity contribution in [2.45, 2.75) is 51.4 Å². The van der Waals surface area contributed by atoms with Crippen molar-refractivity contribution in [1.29, 1.82) is 5.26 Å². The fourth-order valence-corrected chi connectivity index (χ4v) is 4.55. The summed E-state index contributed by atoms with van der Waals surface area (Å²) in [6, 6.07) is 15.5. The molecule has 26 heavy (non-hydrogen) atoms. The Labute approximate surface area is 162 Å². The molecule has 0 bridgehead atoms. The van der Waals surface area contributed by atoms with Crippen molar-refractivity contribution >= 4 is 11.6 Å². The summed E-state index contributed by atoms with van der Waals surface area (Å²) in [7, 11) is 0. The lowest BCUT2D eigenvalue weighted by molar-refractivity contribution is 0.569. The first-order valence-corrected chi connectivity index (χ1v) is 9.82. The van der Waals surface area contributed by atoms with Crippen LogP contribution in [0.15, 0.2) is 36.4 Å². The van der Waals surface area contributed by atoms with Crippen LogP contribution in [0, 0.1) is 11.3 Å². The van der Waals surface area contributed by atoms with Gasteiger partial charge in [0.15, 0.2) is 0 Å². The van der Waals surface area contributed by atoms with E-state index in [1.54, 1.807) is 0 Å². The van der Waals surface area contributed by atoms with E-state index in [1.807, 2.05) is 0 Å². The molecule has 1 heterocycles. The van der Waals surface area contributed by atoms with Crippen LogP contribution >= 0.6 is 11.6 Å². The second-order valence-electron chi connectivity index (χ2n) is 7.97. The number of rotatable bonds is 4. The molecule has 1 saturated heterocycles. The third-order valence-corrected chi connectivity index (χ3v) is 5.98. The SMILES string of the molecule is CC(C)c1ccc(C2(c3cc(Cl)c(C(C)C)c(C#N)c3)CCNC2)cc1. The highest BCUT2D eigenvalue weighted by Gasteiger charge is 2.38. The minimum absolute atomic E-state index is 0.125. The largest absolute Gasteiger partial charge is 0.315 e. The van der Waals surface area contributed by atoms with Crippen molar-refractivity contribution in [3.05, 3.63) is 69.2 Å². The van der Waals surface area contributed by atoms with E-state index in [-0.39, 0.29) is 11.3 Å². The molecular formula is C23H27ClN2. The number of nitriles is 1. The average Bonchev–Trinajstić information content (AvgIpc) is 3.11. The van der Waals surface area contributed by atoms with Crippen LogP contribution in [0.25, 0.3) is 0 Å². The molecule has 136 valence electrons. The van der Waals surface area contributed by atoms with Gasteiger partial charge in [0.1, 0.15) is 0 Å². The molecule has 2 aromatic carbocycles. The quantitative estimate of drug-likeness (QED) is 0.749. The normalized spacial score (nSPS) is 19.9. The van der Waals surface area contributed by atoms with Gasteiger partial charge in [0, 0.05) is 17.0 Å². The fraction of sp³-hybridized carbons (Fsp3) is 0.435. The van der Waals surface area contributed by atoms with E-state index in [1.165, 1.54) is 11.1 Å². The lowest BCUT2D eigenvalue weighted by Gasteiger charge is -2.31. The van der Waals surface area contributed by atoms with Crippen LogP contribution in [0.2, 0.25) is 5.02 Å². The van der Waals surface area contributed by atoms with E-state index in [9.17, 15) is 5.26 Å². The average molecular weight is 367 g/mol. The Balaban J connectivity index is 2.14. The molecule has 1 aliphatic rings. The van der Waals surface area contributed by atoms with E-state index in [4.69, 9.17) is 11.6 Å². The summed E-state index contributed by atoms with van der Waals surface area (Å²) in [5.74, 6) is 0.751. The monoisotopic (exact) mass is 366 g/mol. The highest BCUT2D eigenvalue weighted by Crippen LogP contribution is 2.41. The number of nitrogens with one attached hydrogen (secondary N) is 1. The molecule has 1 fully saturated rings. The van der Waals surface area contributed by atoms with Crippen LogP contribution in [-0.4, -0.2) is 13.1 Å². The molecule has 2 nitrogen and oxygen atoms in total. The van der Waals surface area contributed by atoms with Crippen molar-refractivity contribution in [2.75, 3.05) is 13.1 Å². The van der Waals surface area contributed by atoms with Gasteiger partial charge >= 0.3 is 0 Å². The van der Waals surface area contributed by atoms with Crippen LogP contribution in [-0.2, 0) is 5.41 Å². The maximum atomic E-state index is 9.69. The number of hydrogen-bond donors (Lipinski definition) is 1. The molecular weight excluding hydrogens is 340 g/mol. The first-order chi connectivity index (χ1) is 12.4. The van der Waals surface area contributed by atoms with E-state index >= 15 is 0 Å². The van der Waals surface area contributed by atoms with E-state index < -0.39 is 0 Å². The first-order valence-electron chi connectivity index (χ1n) is 9.44. The molecule has 1 unspecified atom stereocenters. The summed E-state index contributed by atoms with van der Waals surface area (Å²) < 4.78 is 0. The molecule has 1 atom stereocenters. The lowest BCUT2D eigenvalue weighted by atomic mass is 9.72. The van der Waals surface area contributed by atoms with Gasteiger partial charge in [0.2, 0.25) is 0 Å². The molecule has 1 N–H and O–H groups in total. The molecule has 1 aliphatic heterocycles. The lowest BCUT2D eigenvalue weighted by Crippen LogP contribution is -2.30. The van der Waals surface area contributed by atoms with Gasteiger partial charge in [-0.1, -0.05) is 63.6 Å². The van der Waals surface area contributed by atoms with Gasteiger partial charge in [-0.3, -0.25) is 0 Å². The second-order valence-corrected chi connectivity index (χ2v) is 8.38. The Hall–Kier alpha value is -1.82. The molecule has 3 heteroatoms. The van der Waals surface area contributed by atoms with Gasteiger partial charge < -0.3 is 5.32 Å². The smallest absolute Gasteiger partial charge is 0.0995 e. The van der Waals surface area contributed by atoms with Gasteiger partial charge in [0.05, 0.1) is 11.6 Å². The predicted octanol–water partition coefficient (Wildman–Crippen LogP) is 5.74. The molecule has 0 amide bonds. The number of benzene rings is 2. The highest BCUT2D eigenvalue weighted by molar-refractivity contribution is 6.31. The molecule has 0 saturated carbocycles. The van der Waals surface area contributed by atoms with E-state index in [0.717, 1.165) is 30.6 Å². The zero-order chi connectivity index (χ0) is 18.9. The Morgan fingerprint density at radius 1 is 1.04 bits per heavy atom. The van der Waals surface area contributed by atoms with Crippen molar-refractivity contribution in [2.24, 2.45) is 0 Å². The molecule has 0 spiro atoms. The summed E-state index contributed by atoms with van der Waals surface area (Å²) in [6.07, 6.45) is 1.01.